The Labute approximate surface area is 89.6 Å². The Kier molecular flexibility index (Phi) is 3.57. The molecule has 0 bridgehead atoms. The highest BCUT2D eigenvalue weighted by Crippen LogP contribution is 2.30. The topological polar surface area (TPSA) is 12.5 Å². The smallest absolute Gasteiger partial charge is 0.317 e. The van der Waals surface area contributed by atoms with Gasteiger partial charge in [0.05, 0.1) is 6.10 Å². The zero-order valence-electron chi connectivity index (χ0n) is 9.16. The van der Waals surface area contributed by atoms with E-state index in [1.165, 1.54) is 25.7 Å². The summed E-state index contributed by atoms with van der Waals surface area (Å²) in [5, 5.41) is 0. The van der Waals surface area contributed by atoms with Gasteiger partial charge in [-0.05, 0) is 31.6 Å². The second-order valence-electron chi connectivity index (χ2n) is 4.89. The van der Waals surface area contributed by atoms with Gasteiger partial charge in [0, 0.05) is 19.1 Å². The van der Waals surface area contributed by atoms with E-state index >= 15 is 0 Å². The van der Waals surface area contributed by atoms with Gasteiger partial charge in [-0.1, -0.05) is 6.92 Å². The van der Waals surface area contributed by atoms with Crippen LogP contribution in [0.3, 0.4) is 0 Å². The van der Waals surface area contributed by atoms with Gasteiger partial charge < -0.3 is 4.74 Å². The first-order chi connectivity index (χ1) is 7.15. The lowest BCUT2D eigenvalue weighted by atomic mass is 9.85. The summed E-state index contributed by atoms with van der Waals surface area (Å²) in [7, 11) is 0. The van der Waals surface area contributed by atoms with Crippen LogP contribution in [0.5, 0.6) is 0 Å². The van der Waals surface area contributed by atoms with Crippen molar-refractivity contribution in [2.45, 2.75) is 51.4 Å². The third-order valence-corrected chi connectivity index (χ3v) is 3.67. The number of ether oxygens (including phenoxy) is 1. The molecule has 0 radical (unpaired) electrons. The molecule has 2 aliphatic rings. The Balaban J connectivity index is 1.66. The molecule has 1 aliphatic heterocycles. The normalized spacial score (nSPS) is 34.4. The SMILES string of the molecule is C[C@H]1CC[C@@H](N2CC(OC(F)F)C2)CC1. The molecular formula is C11H19F2NO. The first kappa shape index (κ1) is 11.3. The van der Waals surface area contributed by atoms with E-state index in [1.54, 1.807) is 0 Å². The van der Waals surface area contributed by atoms with Crippen LogP contribution in [0.25, 0.3) is 0 Å². The summed E-state index contributed by atoms with van der Waals surface area (Å²) in [5.41, 5.74) is 0. The Hall–Kier alpha value is -0.220. The summed E-state index contributed by atoms with van der Waals surface area (Å²) in [6.07, 6.45) is 4.78. The summed E-state index contributed by atoms with van der Waals surface area (Å²) >= 11 is 0. The Bertz CT molecular complexity index is 199. The average Bonchev–Trinajstić information content (AvgIpc) is 2.12. The van der Waals surface area contributed by atoms with Crippen LogP contribution in [0, 0.1) is 5.92 Å². The van der Waals surface area contributed by atoms with Crippen molar-refractivity contribution in [3.63, 3.8) is 0 Å². The summed E-state index contributed by atoms with van der Waals surface area (Å²) in [6.45, 7) is 1.07. The van der Waals surface area contributed by atoms with Gasteiger partial charge in [-0.3, -0.25) is 4.90 Å². The van der Waals surface area contributed by atoms with E-state index in [4.69, 9.17) is 0 Å². The zero-order valence-corrected chi connectivity index (χ0v) is 9.16. The second kappa shape index (κ2) is 4.74. The van der Waals surface area contributed by atoms with Crippen molar-refractivity contribution in [3.8, 4) is 0 Å². The van der Waals surface area contributed by atoms with Crippen molar-refractivity contribution < 1.29 is 13.5 Å². The van der Waals surface area contributed by atoms with Crippen LogP contribution < -0.4 is 0 Å². The van der Waals surface area contributed by atoms with E-state index < -0.39 is 6.61 Å². The van der Waals surface area contributed by atoms with Crippen LogP contribution in [0.1, 0.15) is 32.6 Å². The van der Waals surface area contributed by atoms with Gasteiger partial charge in [0.1, 0.15) is 0 Å². The van der Waals surface area contributed by atoms with Crippen LogP contribution in [-0.4, -0.2) is 36.7 Å². The minimum Gasteiger partial charge on any atom is -0.317 e. The van der Waals surface area contributed by atoms with Crippen LogP contribution in [0.4, 0.5) is 8.78 Å². The first-order valence-electron chi connectivity index (χ1n) is 5.83. The van der Waals surface area contributed by atoms with E-state index in [0.717, 1.165) is 5.92 Å². The lowest BCUT2D eigenvalue weighted by Crippen LogP contribution is -2.57. The number of halogens is 2. The van der Waals surface area contributed by atoms with E-state index in [9.17, 15) is 8.78 Å². The van der Waals surface area contributed by atoms with Gasteiger partial charge in [-0.15, -0.1) is 0 Å². The maximum atomic E-state index is 11.9. The highest BCUT2D eigenvalue weighted by Gasteiger charge is 2.35. The second-order valence-corrected chi connectivity index (χ2v) is 4.89. The van der Waals surface area contributed by atoms with Gasteiger partial charge in [0.2, 0.25) is 0 Å². The molecule has 1 aliphatic carbocycles. The predicted octanol–water partition coefficient (Wildman–Crippen LogP) is 2.49. The van der Waals surface area contributed by atoms with E-state index in [2.05, 4.69) is 16.6 Å². The van der Waals surface area contributed by atoms with Gasteiger partial charge >= 0.3 is 6.61 Å². The molecule has 2 fully saturated rings. The first-order valence-corrected chi connectivity index (χ1v) is 5.83. The van der Waals surface area contributed by atoms with E-state index in [0.29, 0.717) is 19.1 Å². The quantitative estimate of drug-likeness (QED) is 0.723. The maximum Gasteiger partial charge on any atom is 0.345 e. The van der Waals surface area contributed by atoms with Gasteiger partial charge in [0.25, 0.3) is 0 Å². The van der Waals surface area contributed by atoms with E-state index in [1.807, 2.05) is 0 Å². The standard InChI is InChI=1S/C11H19F2NO/c1-8-2-4-9(5-3-8)14-6-10(7-14)15-11(12)13/h8-11H,2-7H2,1H3/t8-,9+. The molecule has 1 saturated heterocycles. The highest BCUT2D eigenvalue weighted by atomic mass is 19.3. The van der Waals surface area contributed by atoms with Crippen LogP contribution >= 0.6 is 0 Å². The highest BCUT2D eigenvalue weighted by molar-refractivity contribution is 4.88. The Morgan fingerprint density at radius 1 is 1.13 bits per heavy atom. The van der Waals surface area contributed by atoms with E-state index in [-0.39, 0.29) is 6.10 Å². The summed E-state index contributed by atoms with van der Waals surface area (Å²) < 4.78 is 28.2. The number of hydrogen-bond acceptors (Lipinski definition) is 2. The number of nitrogens with zero attached hydrogens (tertiary/aromatic N) is 1. The molecule has 0 aromatic carbocycles. The molecule has 4 heteroatoms. The van der Waals surface area contributed by atoms with Gasteiger partial charge in [-0.2, -0.15) is 8.78 Å². The molecule has 88 valence electrons. The minimum absolute atomic E-state index is 0.232. The molecule has 0 aromatic rings. The van der Waals surface area contributed by atoms with Crippen molar-refractivity contribution >= 4 is 0 Å². The molecule has 2 nitrogen and oxygen atoms in total. The molecule has 1 heterocycles. The van der Waals surface area contributed by atoms with Crippen molar-refractivity contribution in [1.82, 2.24) is 4.90 Å². The third kappa shape index (κ3) is 2.88. The summed E-state index contributed by atoms with van der Waals surface area (Å²) in [4.78, 5) is 2.29. The summed E-state index contributed by atoms with van der Waals surface area (Å²) in [6, 6.07) is 0.624. The fraction of sp³-hybridized carbons (Fsp3) is 1.00. The molecular weight excluding hydrogens is 200 g/mol. The Morgan fingerprint density at radius 3 is 2.27 bits per heavy atom. The molecule has 15 heavy (non-hydrogen) atoms. The molecule has 0 aromatic heterocycles. The number of likely N-dealkylation sites (tertiary alicyclic amines) is 1. The number of alkyl halides is 2. The maximum absolute atomic E-state index is 11.9. The fourth-order valence-electron chi connectivity index (χ4n) is 2.61. The largest absolute Gasteiger partial charge is 0.345 e. The molecule has 2 rings (SSSR count). The molecule has 0 unspecified atom stereocenters. The molecule has 0 N–H and O–H groups in total. The predicted molar refractivity (Wildman–Crippen MR) is 53.9 cm³/mol. The molecule has 1 saturated carbocycles. The van der Waals surface area contributed by atoms with Crippen LogP contribution in [0.15, 0.2) is 0 Å². The van der Waals surface area contributed by atoms with Gasteiger partial charge in [0.15, 0.2) is 0 Å². The van der Waals surface area contributed by atoms with Gasteiger partial charge in [-0.25, -0.2) is 0 Å². The van der Waals surface area contributed by atoms with Crippen molar-refractivity contribution in [3.05, 3.63) is 0 Å². The zero-order chi connectivity index (χ0) is 10.8. The molecule has 0 amide bonds. The summed E-state index contributed by atoms with van der Waals surface area (Å²) in [5.74, 6) is 0.843. The van der Waals surface area contributed by atoms with Crippen LogP contribution in [0.2, 0.25) is 0 Å². The van der Waals surface area contributed by atoms with Crippen LogP contribution in [-0.2, 0) is 4.74 Å². The molecule has 0 spiro atoms. The van der Waals surface area contributed by atoms with Crippen molar-refractivity contribution in [2.24, 2.45) is 5.92 Å². The minimum atomic E-state index is -2.61. The molecule has 0 atom stereocenters. The lowest BCUT2D eigenvalue weighted by molar-refractivity contribution is -0.202. The average molecular weight is 219 g/mol. The number of hydrogen-bond donors (Lipinski definition) is 0. The fourth-order valence-corrected chi connectivity index (χ4v) is 2.61. The lowest BCUT2D eigenvalue weighted by Gasteiger charge is -2.45. The van der Waals surface area contributed by atoms with Crippen molar-refractivity contribution in [2.75, 3.05) is 13.1 Å². The van der Waals surface area contributed by atoms with Crippen molar-refractivity contribution in [1.29, 1.82) is 0 Å². The number of rotatable bonds is 3. The Morgan fingerprint density at radius 2 is 1.73 bits per heavy atom. The third-order valence-electron chi connectivity index (χ3n) is 3.67. The monoisotopic (exact) mass is 219 g/mol.